The summed E-state index contributed by atoms with van der Waals surface area (Å²) in [5.74, 6) is 0.414. The summed E-state index contributed by atoms with van der Waals surface area (Å²) in [6.45, 7) is 6.42. The summed E-state index contributed by atoms with van der Waals surface area (Å²) in [5.41, 5.74) is 12.0. The van der Waals surface area contributed by atoms with E-state index in [0.29, 0.717) is 5.92 Å². The van der Waals surface area contributed by atoms with Crippen molar-refractivity contribution in [2.24, 2.45) is 5.11 Å². The van der Waals surface area contributed by atoms with Gasteiger partial charge in [0, 0.05) is 60.7 Å². The van der Waals surface area contributed by atoms with E-state index in [1.807, 2.05) is 80.0 Å². The molecule has 5 aromatic carbocycles. The molecule has 9 rings (SSSR count). The number of hydrogen-bond donors (Lipinski definition) is 0. The first-order chi connectivity index (χ1) is 24.5. The Balaban J connectivity index is 0.000000245. The van der Waals surface area contributed by atoms with E-state index in [0.717, 1.165) is 61.4 Å². The number of aromatic nitrogens is 2. The summed E-state index contributed by atoms with van der Waals surface area (Å²) < 4.78 is 8.76. The molecule has 8 aromatic rings. The Morgan fingerprint density at radius 2 is 1.47 bits per heavy atom. The number of azo groups is 2. The molecule has 6 heteroatoms. The van der Waals surface area contributed by atoms with Crippen molar-refractivity contribution in [1.82, 2.24) is 9.97 Å². The first-order valence-corrected chi connectivity index (χ1v) is 16.9. The van der Waals surface area contributed by atoms with Gasteiger partial charge in [-0.15, -0.1) is 54.1 Å². The van der Waals surface area contributed by atoms with Crippen LogP contribution in [-0.4, -0.2) is 14.7 Å². The summed E-state index contributed by atoms with van der Waals surface area (Å²) >= 11 is 0. The van der Waals surface area contributed by atoms with Crippen LogP contribution in [0.15, 0.2) is 155 Å². The second-order valence-electron chi connectivity index (χ2n) is 12.8. The van der Waals surface area contributed by atoms with Crippen molar-refractivity contribution in [3.05, 3.63) is 180 Å². The quantitative estimate of drug-likeness (QED) is 0.128. The molecular formula is C45H35IrN4O-. The number of hydrogen-bond acceptors (Lipinski definition) is 4. The maximum absolute atomic E-state index is 6.66. The number of fused-ring (bicyclic) bond motifs is 5. The molecular weight excluding hydrogens is 805 g/mol. The molecule has 4 heterocycles. The normalized spacial score (nSPS) is 13.3. The van der Waals surface area contributed by atoms with Crippen molar-refractivity contribution < 1.29 is 29.2 Å². The molecule has 1 unspecified atom stereocenters. The van der Waals surface area contributed by atoms with Crippen LogP contribution >= 0.6 is 0 Å². The Morgan fingerprint density at radius 3 is 2.20 bits per heavy atom. The summed E-state index contributed by atoms with van der Waals surface area (Å²) in [5, 5.41) is 7.26. The van der Waals surface area contributed by atoms with Crippen LogP contribution in [0.2, 0.25) is 0 Å². The molecule has 0 fully saturated rings. The second kappa shape index (κ2) is 14.7. The molecule has 1 radical (unpaired) electrons. The van der Waals surface area contributed by atoms with Gasteiger partial charge >= 0.3 is 0 Å². The van der Waals surface area contributed by atoms with Gasteiger partial charge in [-0.3, -0.25) is 0 Å². The number of aryl methyl sites for hydroxylation is 1. The maximum atomic E-state index is 6.66. The minimum absolute atomic E-state index is 0. The van der Waals surface area contributed by atoms with Gasteiger partial charge in [-0.1, -0.05) is 108 Å². The second-order valence-corrected chi connectivity index (χ2v) is 12.8. The topological polar surface area (TPSA) is 54.3 Å². The summed E-state index contributed by atoms with van der Waals surface area (Å²) in [7, 11) is 0. The maximum Gasteiger partial charge on any atom is 0.237 e. The summed E-state index contributed by atoms with van der Waals surface area (Å²) in [6, 6.07) is 51.9. The first-order valence-electron chi connectivity index (χ1n) is 16.9. The van der Waals surface area contributed by atoms with Crippen LogP contribution in [0.1, 0.15) is 48.1 Å². The van der Waals surface area contributed by atoms with Crippen LogP contribution in [0.3, 0.4) is 0 Å². The average Bonchev–Trinajstić information content (AvgIpc) is 3.76. The fourth-order valence-electron chi connectivity index (χ4n) is 6.48. The van der Waals surface area contributed by atoms with E-state index in [1.165, 1.54) is 16.7 Å². The zero-order valence-corrected chi connectivity index (χ0v) is 30.9. The van der Waals surface area contributed by atoms with Gasteiger partial charge in [0.15, 0.2) is 11.3 Å². The molecule has 0 aliphatic carbocycles. The third-order valence-corrected chi connectivity index (χ3v) is 9.09. The van der Waals surface area contributed by atoms with Crippen molar-refractivity contribution in [3.8, 4) is 22.5 Å². The van der Waals surface area contributed by atoms with Crippen molar-refractivity contribution in [2.75, 3.05) is 0 Å². The van der Waals surface area contributed by atoms with Gasteiger partial charge in [-0.2, -0.15) is 0 Å². The summed E-state index contributed by atoms with van der Waals surface area (Å²) in [4.78, 5) is 8.98. The van der Waals surface area contributed by atoms with Gasteiger partial charge in [0.05, 0.1) is 11.1 Å². The van der Waals surface area contributed by atoms with Crippen LogP contribution in [0.5, 0.6) is 0 Å². The van der Waals surface area contributed by atoms with E-state index in [4.69, 9.17) is 9.53 Å². The molecule has 0 bridgehead atoms. The number of benzene rings is 5. The van der Waals surface area contributed by atoms with E-state index < -0.39 is 0 Å². The van der Waals surface area contributed by atoms with Gasteiger partial charge in [-0.25, -0.2) is 0 Å². The Bertz CT molecular complexity index is 2460. The van der Waals surface area contributed by atoms with Crippen molar-refractivity contribution >= 4 is 33.3 Å². The third kappa shape index (κ3) is 6.69. The number of rotatable bonds is 5. The Morgan fingerprint density at radius 1 is 0.706 bits per heavy atom. The third-order valence-electron chi connectivity index (χ3n) is 9.09. The molecule has 5 nitrogen and oxygen atoms in total. The van der Waals surface area contributed by atoms with Crippen LogP contribution in [0.25, 0.3) is 44.5 Å². The fourth-order valence-corrected chi connectivity index (χ4v) is 6.48. The summed E-state index contributed by atoms with van der Waals surface area (Å²) in [6.07, 6.45) is 3.74. The predicted octanol–water partition coefficient (Wildman–Crippen LogP) is 12.0. The standard InChI is InChI=1S/C33H25N3O.C12H10N.Ir/c1-21(2)23-18-19-34-29(20-23)27-15-9-14-25-26-16-17-28-30(33(26)37-32(25)27)35-36(24-12-7-4-8-13-24)31(28)22-10-5-3-6-11-22;1-10-7-8-12(13-9-10)11-5-3-2-4-6-11;/h3-14,16-21,31H,1-2H3;2-5,7-9H,1H3;/q;-1;. The zero-order valence-electron chi connectivity index (χ0n) is 28.5. The van der Waals surface area contributed by atoms with Crippen molar-refractivity contribution in [3.63, 3.8) is 0 Å². The minimum Gasteiger partial charge on any atom is -0.498 e. The predicted molar refractivity (Wildman–Crippen MR) is 200 cm³/mol. The van der Waals surface area contributed by atoms with Crippen molar-refractivity contribution in [2.45, 2.75) is 32.7 Å². The van der Waals surface area contributed by atoms with Gasteiger partial charge in [-0.05, 0) is 41.9 Å². The molecule has 0 saturated carbocycles. The average molecular weight is 840 g/mol. The first kappa shape index (κ1) is 33.9. The molecule has 1 aliphatic rings. The Kier molecular flexibility index (Phi) is 9.81. The van der Waals surface area contributed by atoms with E-state index in [-0.39, 0.29) is 26.1 Å². The molecule has 1 atom stereocenters. The number of furan rings is 1. The molecule has 251 valence electrons. The molecule has 1 aliphatic heterocycles. The van der Waals surface area contributed by atoms with Gasteiger partial charge in [0.25, 0.3) is 0 Å². The monoisotopic (exact) mass is 840 g/mol. The van der Waals surface area contributed by atoms with E-state index in [2.05, 4.69) is 113 Å². The van der Waals surface area contributed by atoms with E-state index in [1.54, 1.807) is 0 Å². The Labute approximate surface area is 311 Å². The fraction of sp³-hybridized carbons (Fsp3) is 0.111. The van der Waals surface area contributed by atoms with E-state index >= 15 is 0 Å². The smallest absolute Gasteiger partial charge is 0.237 e. The minimum atomic E-state index is -0.0355. The van der Waals surface area contributed by atoms with Crippen LogP contribution < -0.4 is 0 Å². The molecule has 0 spiro atoms. The van der Waals surface area contributed by atoms with Crippen LogP contribution in [0.4, 0.5) is 11.4 Å². The molecule has 0 amide bonds. The Hall–Kier alpha value is -5.55. The number of para-hydroxylation sites is 1. The van der Waals surface area contributed by atoms with Gasteiger partial charge in [0.2, 0.25) is 11.7 Å². The number of pyridine rings is 2. The van der Waals surface area contributed by atoms with Crippen molar-refractivity contribution in [1.29, 1.82) is 0 Å². The van der Waals surface area contributed by atoms with E-state index in [9.17, 15) is 0 Å². The molecule has 3 aromatic heterocycles. The van der Waals surface area contributed by atoms with Gasteiger partial charge < -0.3 is 14.4 Å². The molecule has 51 heavy (non-hydrogen) atoms. The SMILES string of the molecule is CC(C)c1ccnc(-c2[c-]ccc3c2oc2c4c(ccc23)C(c2ccccc2)[N+](c2ccccc2)=N4)c1.Cc1ccc(-c2[c-]cccc2)nc1.[Ir]. The molecule has 0 saturated heterocycles. The van der Waals surface area contributed by atoms with Crippen LogP contribution in [0, 0.1) is 19.1 Å². The van der Waals surface area contributed by atoms with Crippen LogP contribution in [-0.2, 0) is 20.1 Å². The number of nitrogens with zero attached hydrogens (tertiary/aromatic N) is 4. The molecule has 0 N–H and O–H groups in total. The van der Waals surface area contributed by atoms with Gasteiger partial charge in [0.1, 0.15) is 0 Å². The zero-order chi connectivity index (χ0) is 34.0. The largest absolute Gasteiger partial charge is 0.498 e.